The largest absolute Gasteiger partial charge is 0.336 e. The van der Waals surface area contributed by atoms with Crippen molar-refractivity contribution in [2.45, 2.75) is 33.2 Å². The van der Waals surface area contributed by atoms with E-state index in [-0.39, 0.29) is 11.5 Å². The molecule has 0 bridgehead atoms. The molecule has 0 unspecified atom stereocenters. The Labute approximate surface area is 209 Å². The molecule has 180 valence electrons. The average molecular weight is 478 g/mol. The monoisotopic (exact) mass is 477 g/mol. The third-order valence-electron chi connectivity index (χ3n) is 6.60. The molecular weight excluding hydrogens is 450 g/mol. The zero-order valence-corrected chi connectivity index (χ0v) is 20.5. The number of benzene rings is 2. The van der Waals surface area contributed by atoms with E-state index in [0.29, 0.717) is 11.1 Å². The number of fused-ring (bicyclic) bond motifs is 1. The molecule has 1 atom stereocenters. The number of hydrogen-bond donors (Lipinski definition) is 1. The number of carbonyl (C=O) groups is 1. The van der Waals surface area contributed by atoms with E-state index in [1.165, 1.54) is 10.2 Å². The molecule has 1 N–H and O–H groups in total. The Morgan fingerprint density at radius 2 is 1.58 bits per heavy atom. The minimum atomic E-state index is -0.515. The fourth-order valence-electron chi connectivity index (χ4n) is 4.72. The highest BCUT2D eigenvalue weighted by Crippen LogP contribution is 2.27. The number of carbonyl (C=O) groups excluding carboxylic acids is 1. The van der Waals surface area contributed by atoms with Gasteiger partial charge in [0.15, 0.2) is 0 Å². The summed E-state index contributed by atoms with van der Waals surface area (Å²) in [6.45, 7) is 5.64. The molecule has 2 aromatic carbocycles. The van der Waals surface area contributed by atoms with E-state index in [1.54, 1.807) is 18.6 Å². The van der Waals surface area contributed by atoms with Crippen molar-refractivity contribution in [3.05, 3.63) is 118 Å². The number of hydrogen-bond acceptors (Lipinski definition) is 4. The second kappa shape index (κ2) is 9.62. The normalized spacial score (nSPS) is 12.0. The van der Waals surface area contributed by atoms with Crippen molar-refractivity contribution in [2.75, 3.05) is 5.32 Å². The first-order valence-electron chi connectivity index (χ1n) is 11.9. The zero-order valence-electron chi connectivity index (χ0n) is 20.5. The topological polar surface area (TPSA) is 81.8 Å². The van der Waals surface area contributed by atoms with Crippen molar-refractivity contribution in [1.29, 1.82) is 0 Å². The molecule has 36 heavy (non-hydrogen) atoms. The van der Waals surface area contributed by atoms with E-state index in [1.807, 2.05) is 92.1 Å². The Kier molecular flexibility index (Phi) is 6.21. The van der Waals surface area contributed by atoms with Gasteiger partial charge < -0.3 is 9.88 Å². The van der Waals surface area contributed by atoms with Gasteiger partial charge in [0.1, 0.15) is 6.04 Å². The minimum absolute atomic E-state index is 0.153. The fourth-order valence-corrected chi connectivity index (χ4v) is 4.72. The summed E-state index contributed by atoms with van der Waals surface area (Å²) >= 11 is 0. The van der Waals surface area contributed by atoms with Crippen LogP contribution in [-0.2, 0) is 11.2 Å². The summed E-state index contributed by atoms with van der Waals surface area (Å²) < 4.78 is 3.31. The Morgan fingerprint density at radius 1 is 0.917 bits per heavy atom. The summed E-state index contributed by atoms with van der Waals surface area (Å²) in [6.07, 6.45) is 6.07. The molecule has 5 aromatic rings. The summed E-state index contributed by atoms with van der Waals surface area (Å²) in [6, 6.07) is 20.6. The Hall–Kier alpha value is -4.52. The first-order valence-corrected chi connectivity index (χ1v) is 11.9. The number of anilines is 1. The standard InChI is InChI=1S/C29H27N5O2/c1-19-26-18-31-34(25-7-5-4-6-8-25)29(36)27(26)20(2)33(19)21(3)28(35)32-24-11-9-22(10-12-24)17-23-13-15-30-16-14-23/h4-16,18,21H,17H2,1-3H3,(H,32,35)/t21-/m1/s1. The highest BCUT2D eigenvalue weighted by Gasteiger charge is 2.23. The van der Waals surface area contributed by atoms with E-state index in [2.05, 4.69) is 15.4 Å². The lowest BCUT2D eigenvalue weighted by Gasteiger charge is -2.18. The molecule has 0 aliphatic heterocycles. The summed E-state index contributed by atoms with van der Waals surface area (Å²) in [4.78, 5) is 30.6. The SMILES string of the molecule is Cc1c2cnn(-c3ccccc3)c(=O)c2c(C)n1[C@H](C)C(=O)Nc1ccc(Cc2ccncc2)cc1. The van der Waals surface area contributed by atoms with E-state index < -0.39 is 6.04 Å². The molecule has 0 aliphatic carbocycles. The Bertz CT molecular complexity index is 1590. The van der Waals surface area contributed by atoms with Gasteiger partial charge >= 0.3 is 0 Å². The molecule has 3 aromatic heterocycles. The predicted octanol–water partition coefficient (Wildman–Crippen LogP) is 4.99. The van der Waals surface area contributed by atoms with Crippen molar-refractivity contribution in [2.24, 2.45) is 0 Å². The number of para-hydroxylation sites is 1. The maximum atomic E-state index is 13.3. The van der Waals surface area contributed by atoms with Gasteiger partial charge in [0.25, 0.3) is 5.56 Å². The van der Waals surface area contributed by atoms with Crippen LogP contribution in [0.1, 0.15) is 35.5 Å². The van der Waals surface area contributed by atoms with Crippen LogP contribution in [0, 0.1) is 13.8 Å². The summed E-state index contributed by atoms with van der Waals surface area (Å²) in [5, 5.41) is 8.73. The molecule has 0 aliphatic rings. The van der Waals surface area contributed by atoms with Gasteiger partial charge in [0.2, 0.25) is 5.91 Å². The number of aromatic nitrogens is 4. The third kappa shape index (κ3) is 4.31. The number of rotatable bonds is 6. The number of nitrogens with one attached hydrogen (secondary N) is 1. The third-order valence-corrected chi connectivity index (χ3v) is 6.60. The Balaban J connectivity index is 1.39. The second-order valence-corrected chi connectivity index (χ2v) is 8.92. The maximum Gasteiger partial charge on any atom is 0.281 e. The molecule has 0 fully saturated rings. The first-order chi connectivity index (χ1) is 17.4. The lowest BCUT2D eigenvalue weighted by atomic mass is 10.1. The van der Waals surface area contributed by atoms with E-state index >= 15 is 0 Å². The molecule has 0 saturated heterocycles. The molecule has 5 rings (SSSR count). The molecule has 3 heterocycles. The van der Waals surface area contributed by atoms with Gasteiger partial charge in [-0.3, -0.25) is 14.6 Å². The summed E-state index contributed by atoms with van der Waals surface area (Å²) in [5.74, 6) is -0.153. The minimum Gasteiger partial charge on any atom is -0.336 e. The van der Waals surface area contributed by atoms with Crippen LogP contribution in [0.25, 0.3) is 16.5 Å². The number of aryl methyl sites for hydroxylation is 2. The second-order valence-electron chi connectivity index (χ2n) is 8.92. The van der Waals surface area contributed by atoms with Crippen molar-refractivity contribution in [3.8, 4) is 5.69 Å². The van der Waals surface area contributed by atoms with E-state index in [0.717, 1.165) is 34.4 Å². The van der Waals surface area contributed by atoms with Crippen molar-refractivity contribution >= 4 is 22.4 Å². The average Bonchev–Trinajstić information content (AvgIpc) is 3.16. The van der Waals surface area contributed by atoms with E-state index in [4.69, 9.17) is 0 Å². The number of nitrogens with zero attached hydrogens (tertiary/aromatic N) is 4. The maximum absolute atomic E-state index is 13.3. The first kappa shape index (κ1) is 23.2. The molecular formula is C29H27N5O2. The molecule has 0 spiro atoms. The Morgan fingerprint density at radius 3 is 2.28 bits per heavy atom. The van der Waals surface area contributed by atoms with Crippen LogP contribution in [0.15, 0.2) is 90.1 Å². The summed E-state index contributed by atoms with van der Waals surface area (Å²) in [7, 11) is 0. The molecule has 7 heteroatoms. The molecule has 7 nitrogen and oxygen atoms in total. The van der Waals surface area contributed by atoms with Gasteiger partial charge in [-0.05, 0) is 74.7 Å². The quantitative estimate of drug-likeness (QED) is 0.374. The summed E-state index contributed by atoms with van der Waals surface area (Å²) in [5.41, 5.74) is 5.14. The van der Waals surface area contributed by atoms with Gasteiger partial charge in [0, 0.05) is 34.9 Å². The van der Waals surface area contributed by atoms with Gasteiger partial charge in [-0.1, -0.05) is 30.3 Å². The van der Waals surface area contributed by atoms with Gasteiger partial charge in [-0.25, -0.2) is 0 Å². The van der Waals surface area contributed by atoms with Crippen LogP contribution in [-0.4, -0.2) is 25.2 Å². The van der Waals surface area contributed by atoms with Crippen LogP contribution in [0.4, 0.5) is 5.69 Å². The highest BCUT2D eigenvalue weighted by atomic mass is 16.2. The lowest BCUT2D eigenvalue weighted by Crippen LogP contribution is -2.25. The number of pyridine rings is 1. The van der Waals surface area contributed by atoms with Crippen LogP contribution in [0.2, 0.25) is 0 Å². The molecule has 1 amide bonds. The van der Waals surface area contributed by atoms with Crippen LogP contribution < -0.4 is 10.9 Å². The van der Waals surface area contributed by atoms with Crippen LogP contribution in [0.3, 0.4) is 0 Å². The number of amides is 1. The zero-order chi connectivity index (χ0) is 25.2. The van der Waals surface area contributed by atoms with Crippen LogP contribution >= 0.6 is 0 Å². The van der Waals surface area contributed by atoms with Crippen molar-refractivity contribution < 1.29 is 4.79 Å². The van der Waals surface area contributed by atoms with E-state index in [9.17, 15) is 9.59 Å². The van der Waals surface area contributed by atoms with Gasteiger partial charge in [0.05, 0.1) is 17.3 Å². The molecule has 0 saturated carbocycles. The highest BCUT2D eigenvalue weighted by molar-refractivity contribution is 5.95. The van der Waals surface area contributed by atoms with Gasteiger partial charge in [-0.2, -0.15) is 9.78 Å². The fraction of sp³-hybridized carbons (Fsp3) is 0.172. The van der Waals surface area contributed by atoms with Gasteiger partial charge in [-0.15, -0.1) is 0 Å². The lowest BCUT2D eigenvalue weighted by molar-refractivity contribution is -0.118. The van der Waals surface area contributed by atoms with Crippen LogP contribution in [0.5, 0.6) is 0 Å². The smallest absolute Gasteiger partial charge is 0.281 e. The van der Waals surface area contributed by atoms with Crippen molar-refractivity contribution in [1.82, 2.24) is 19.3 Å². The predicted molar refractivity (Wildman–Crippen MR) is 142 cm³/mol. The van der Waals surface area contributed by atoms with Crippen molar-refractivity contribution in [3.63, 3.8) is 0 Å². The molecule has 0 radical (unpaired) electrons.